The molecule has 172 valence electrons. The second kappa shape index (κ2) is 12.2. The lowest BCUT2D eigenvalue weighted by Gasteiger charge is -2.36. The molecule has 2 aliphatic rings. The van der Waals surface area contributed by atoms with E-state index in [1.807, 2.05) is 60.7 Å². The molecule has 0 N–H and O–H groups in total. The number of carbonyl (C=O) groups excluding carboxylic acids is 1. The molecule has 2 aromatic rings. The Hall–Kier alpha value is -2.09. The van der Waals surface area contributed by atoms with Crippen LogP contribution in [0.25, 0.3) is 0 Å². The van der Waals surface area contributed by atoms with Crippen molar-refractivity contribution in [3.8, 4) is 0 Å². The van der Waals surface area contributed by atoms with E-state index >= 15 is 0 Å². The second-order valence-corrected chi connectivity index (χ2v) is 8.29. The van der Waals surface area contributed by atoms with Gasteiger partial charge < -0.3 is 23.7 Å². The Morgan fingerprint density at radius 3 is 2.19 bits per heavy atom. The highest BCUT2D eigenvalue weighted by Gasteiger charge is 2.38. The molecule has 2 aromatic carbocycles. The van der Waals surface area contributed by atoms with Gasteiger partial charge in [0.25, 0.3) is 0 Å². The van der Waals surface area contributed by atoms with Crippen molar-refractivity contribution in [1.29, 1.82) is 0 Å². The van der Waals surface area contributed by atoms with E-state index in [-0.39, 0.29) is 18.2 Å². The summed E-state index contributed by atoms with van der Waals surface area (Å²) in [7, 11) is 0. The molecule has 4 rings (SSSR count). The monoisotopic (exact) mass is 440 g/mol. The third-order valence-electron chi connectivity index (χ3n) is 5.74. The Morgan fingerprint density at radius 1 is 0.844 bits per heavy atom. The summed E-state index contributed by atoms with van der Waals surface area (Å²) in [6, 6.07) is 19.8. The molecule has 6 nitrogen and oxygen atoms in total. The van der Waals surface area contributed by atoms with E-state index in [0.717, 1.165) is 30.8 Å². The van der Waals surface area contributed by atoms with Crippen LogP contribution in [-0.4, -0.2) is 50.2 Å². The Bertz CT molecular complexity index is 806. The fourth-order valence-corrected chi connectivity index (χ4v) is 4.06. The van der Waals surface area contributed by atoms with E-state index in [0.29, 0.717) is 39.1 Å². The van der Waals surface area contributed by atoms with Crippen molar-refractivity contribution >= 4 is 5.78 Å². The maximum Gasteiger partial charge on any atom is 0.166 e. The van der Waals surface area contributed by atoms with Gasteiger partial charge in [-0.3, -0.25) is 4.79 Å². The fourth-order valence-electron chi connectivity index (χ4n) is 4.06. The molecule has 0 aromatic heterocycles. The van der Waals surface area contributed by atoms with Gasteiger partial charge in [0.05, 0.1) is 39.1 Å². The zero-order chi connectivity index (χ0) is 22.0. The van der Waals surface area contributed by atoms with Crippen molar-refractivity contribution in [2.75, 3.05) is 19.8 Å². The van der Waals surface area contributed by atoms with Gasteiger partial charge in [-0.15, -0.1) is 0 Å². The molecule has 0 aliphatic carbocycles. The quantitative estimate of drug-likeness (QED) is 0.555. The molecular formula is C26H32O6. The van der Waals surface area contributed by atoms with Gasteiger partial charge in [0.2, 0.25) is 0 Å². The molecule has 0 spiro atoms. The molecule has 2 heterocycles. The largest absolute Gasteiger partial charge is 0.374 e. The molecule has 32 heavy (non-hydrogen) atoms. The van der Waals surface area contributed by atoms with Crippen molar-refractivity contribution in [2.45, 2.75) is 63.5 Å². The Kier molecular flexibility index (Phi) is 8.82. The molecule has 2 fully saturated rings. The molecule has 2 saturated heterocycles. The highest BCUT2D eigenvalue weighted by atomic mass is 16.7. The number of hydrogen-bond acceptors (Lipinski definition) is 6. The summed E-state index contributed by atoms with van der Waals surface area (Å²) in [6.07, 6.45) is 1.21. The van der Waals surface area contributed by atoms with Crippen LogP contribution in [0.2, 0.25) is 0 Å². The van der Waals surface area contributed by atoms with E-state index in [1.54, 1.807) is 0 Å². The minimum Gasteiger partial charge on any atom is -0.374 e. The van der Waals surface area contributed by atoms with Gasteiger partial charge in [0, 0.05) is 12.8 Å². The van der Waals surface area contributed by atoms with Gasteiger partial charge >= 0.3 is 0 Å². The normalized spacial score (nSPS) is 24.5. The van der Waals surface area contributed by atoms with Crippen molar-refractivity contribution in [2.24, 2.45) is 0 Å². The maximum atomic E-state index is 13.0. The molecule has 3 atom stereocenters. The zero-order valence-corrected chi connectivity index (χ0v) is 18.4. The highest BCUT2D eigenvalue weighted by molar-refractivity contribution is 5.84. The van der Waals surface area contributed by atoms with Gasteiger partial charge in [-0.1, -0.05) is 60.7 Å². The minimum atomic E-state index is -0.635. The van der Waals surface area contributed by atoms with Crippen LogP contribution in [-0.2, 0) is 41.7 Å². The van der Waals surface area contributed by atoms with Gasteiger partial charge in [-0.25, -0.2) is 0 Å². The van der Waals surface area contributed by atoms with Crippen molar-refractivity contribution in [3.63, 3.8) is 0 Å². The number of benzene rings is 2. The fraction of sp³-hybridized carbons (Fsp3) is 0.500. The van der Waals surface area contributed by atoms with Crippen molar-refractivity contribution in [3.05, 3.63) is 71.8 Å². The van der Waals surface area contributed by atoms with Crippen molar-refractivity contribution < 1.29 is 28.5 Å². The van der Waals surface area contributed by atoms with Gasteiger partial charge in [-0.2, -0.15) is 0 Å². The van der Waals surface area contributed by atoms with Crippen molar-refractivity contribution in [1.82, 2.24) is 0 Å². The standard InChI is InChI=1S/C26H32O6/c27-23-16-22(12-13-25-29-14-7-15-30-25)32-24(19-28-17-20-8-3-1-4-9-20)26(23)31-18-21-10-5-2-6-11-21/h1-6,8-11,22,24-26H,7,12-19H2/t22-,24-,26-/m1/s1. The number of hydrogen-bond donors (Lipinski definition) is 0. The van der Waals surface area contributed by atoms with E-state index in [4.69, 9.17) is 23.7 Å². The number of ether oxygens (including phenoxy) is 5. The van der Waals surface area contributed by atoms with E-state index in [1.165, 1.54) is 0 Å². The lowest BCUT2D eigenvalue weighted by Crippen LogP contribution is -2.49. The van der Waals surface area contributed by atoms with Crippen LogP contribution in [0.5, 0.6) is 0 Å². The maximum absolute atomic E-state index is 13.0. The highest BCUT2D eigenvalue weighted by Crippen LogP contribution is 2.25. The third-order valence-corrected chi connectivity index (χ3v) is 5.74. The van der Waals surface area contributed by atoms with E-state index in [9.17, 15) is 4.79 Å². The van der Waals surface area contributed by atoms with E-state index < -0.39 is 12.2 Å². The summed E-state index contributed by atoms with van der Waals surface area (Å²) < 4.78 is 29.5. The average molecular weight is 441 g/mol. The number of Topliss-reactive ketones (excluding diaryl/α,β-unsaturated/α-hetero) is 1. The van der Waals surface area contributed by atoms with Crippen LogP contribution < -0.4 is 0 Å². The molecule has 0 radical (unpaired) electrons. The summed E-state index contributed by atoms with van der Waals surface area (Å²) in [5.41, 5.74) is 2.11. The lowest BCUT2D eigenvalue weighted by atomic mass is 9.96. The molecule has 0 saturated carbocycles. The Balaban J connectivity index is 1.34. The van der Waals surface area contributed by atoms with Crippen LogP contribution in [0, 0.1) is 0 Å². The third kappa shape index (κ3) is 6.95. The summed E-state index contributed by atoms with van der Waals surface area (Å²) in [6.45, 7) is 2.58. The second-order valence-electron chi connectivity index (χ2n) is 8.29. The van der Waals surface area contributed by atoms with Crippen LogP contribution in [0.4, 0.5) is 0 Å². The topological polar surface area (TPSA) is 63.2 Å². The Labute approximate surface area is 189 Å². The first kappa shape index (κ1) is 23.1. The molecule has 6 heteroatoms. The summed E-state index contributed by atoms with van der Waals surface area (Å²) in [5, 5.41) is 0. The van der Waals surface area contributed by atoms with Gasteiger partial charge in [0.15, 0.2) is 12.1 Å². The van der Waals surface area contributed by atoms with Gasteiger partial charge in [0.1, 0.15) is 12.2 Å². The SMILES string of the molecule is O=C1C[C@@H](CCC2OCCCO2)O[C@H](COCc2ccccc2)[C@@H]1OCc1ccccc1. The number of rotatable bonds is 10. The number of ketones is 1. The van der Waals surface area contributed by atoms with Crippen LogP contribution in [0.15, 0.2) is 60.7 Å². The first-order chi connectivity index (χ1) is 15.8. The smallest absolute Gasteiger partial charge is 0.166 e. The first-order valence-corrected chi connectivity index (χ1v) is 11.5. The number of carbonyl (C=O) groups is 1. The summed E-state index contributed by atoms with van der Waals surface area (Å²) >= 11 is 0. The van der Waals surface area contributed by atoms with Crippen LogP contribution in [0.3, 0.4) is 0 Å². The van der Waals surface area contributed by atoms with Crippen LogP contribution in [0.1, 0.15) is 36.8 Å². The average Bonchev–Trinajstić information content (AvgIpc) is 2.84. The summed E-state index contributed by atoms with van der Waals surface area (Å²) in [5.74, 6) is 0.0657. The minimum absolute atomic E-state index is 0.0657. The molecule has 0 unspecified atom stereocenters. The molecule has 0 bridgehead atoms. The van der Waals surface area contributed by atoms with Crippen LogP contribution >= 0.6 is 0 Å². The zero-order valence-electron chi connectivity index (χ0n) is 18.4. The molecule has 0 amide bonds. The molecular weight excluding hydrogens is 408 g/mol. The predicted molar refractivity (Wildman–Crippen MR) is 119 cm³/mol. The van der Waals surface area contributed by atoms with E-state index in [2.05, 4.69) is 0 Å². The van der Waals surface area contributed by atoms with Gasteiger partial charge in [-0.05, 0) is 24.0 Å². The molecule has 2 aliphatic heterocycles. The summed E-state index contributed by atoms with van der Waals surface area (Å²) in [4.78, 5) is 13.0. The Morgan fingerprint density at radius 2 is 1.50 bits per heavy atom. The lowest BCUT2D eigenvalue weighted by molar-refractivity contribution is -0.196. The first-order valence-electron chi connectivity index (χ1n) is 11.5. The predicted octanol–water partition coefficient (Wildman–Crippen LogP) is 4.06.